The van der Waals surface area contributed by atoms with Crippen LogP contribution in [0.4, 0.5) is 0 Å². The van der Waals surface area contributed by atoms with Crippen molar-refractivity contribution in [1.82, 2.24) is 24.6 Å². The normalized spacial score (nSPS) is 15.2. The number of aryl methyl sites for hydroxylation is 2. The molecule has 0 N–H and O–H groups in total. The average molecular weight is 623 g/mol. The van der Waals surface area contributed by atoms with Crippen molar-refractivity contribution in [2.45, 2.75) is 44.8 Å². The molecule has 0 spiro atoms. The molecule has 0 bridgehead atoms. The number of benzene rings is 3. The van der Waals surface area contributed by atoms with Gasteiger partial charge in [-0.15, -0.1) is 10.2 Å². The highest BCUT2D eigenvalue weighted by molar-refractivity contribution is 7.99. The highest BCUT2D eigenvalue weighted by Gasteiger charge is 2.30. The fourth-order valence-electron chi connectivity index (χ4n) is 5.01. The molecular formula is C32H33Cl2N5O2S. The molecule has 3 aromatic carbocycles. The summed E-state index contributed by atoms with van der Waals surface area (Å²) in [5.41, 5.74) is 4.87. The van der Waals surface area contributed by atoms with Gasteiger partial charge >= 0.3 is 0 Å². The van der Waals surface area contributed by atoms with E-state index in [0.29, 0.717) is 48.1 Å². The number of amides is 2. The van der Waals surface area contributed by atoms with Crippen molar-refractivity contribution >= 4 is 46.8 Å². The fourth-order valence-corrected chi connectivity index (χ4v) is 6.19. The highest BCUT2D eigenvalue weighted by atomic mass is 35.5. The first-order chi connectivity index (χ1) is 20.2. The topological polar surface area (TPSA) is 71.3 Å². The van der Waals surface area contributed by atoms with E-state index in [1.165, 1.54) is 11.1 Å². The van der Waals surface area contributed by atoms with Crippen LogP contribution in [-0.4, -0.2) is 67.8 Å². The SMILES string of the molecule is Cc1ccc(-c2nnc(SCCCC(=O)N3CCN(C(=O)c4ccc(Cl)c(Cl)c4)C(C)C3)n2-c2ccc(C)cc2)cc1. The van der Waals surface area contributed by atoms with Crippen LogP contribution in [0.15, 0.2) is 71.9 Å². The Balaban J connectivity index is 1.18. The Morgan fingerprint density at radius 1 is 0.905 bits per heavy atom. The summed E-state index contributed by atoms with van der Waals surface area (Å²) in [6, 6.07) is 21.4. The molecule has 42 heavy (non-hydrogen) atoms. The van der Waals surface area contributed by atoms with Crippen LogP contribution < -0.4 is 0 Å². The molecule has 1 unspecified atom stereocenters. The molecule has 1 aromatic heterocycles. The molecule has 218 valence electrons. The van der Waals surface area contributed by atoms with Crippen LogP contribution in [0.1, 0.15) is 41.3 Å². The van der Waals surface area contributed by atoms with E-state index in [4.69, 9.17) is 23.2 Å². The third-order valence-electron chi connectivity index (χ3n) is 7.41. The monoisotopic (exact) mass is 621 g/mol. The molecule has 5 rings (SSSR count). The first-order valence-corrected chi connectivity index (χ1v) is 15.7. The molecule has 1 aliphatic heterocycles. The van der Waals surface area contributed by atoms with Gasteiger partial charge in [-0.25, -0.2) is 0 Å². The molecular weight excluding hydrogens is 589 g/mol. The predicted octanol–water partition coefficient (Wildman–Crippen LogP) is 7.10. The van der Waals surface area contributed by atoms with E-state index in [0.717, 1.165) is 28.0 Å². The summed E-state index contributed by atoms with van der Waals surface area (Å²) in [7, 11) is 0. The number of carbonyl (C=O) groups excluding carboxylic acids is 2. The Morgan fingerprint density at radius 2 is 1.60 bits per heavy atom. The van der Waals surface area contributed by atoms with E-state index < -0.39 is 0 Å². The Morgan fingerprint density at radius 3 is 2.26 bits per heavy atom. The minimum absolute atomic E-state index is 0.101. The summed E-state index contributed by atoms with van der Waals surface area (Å²) in [6.07, 6.45) is 1.14. The van der Waals surface area contributed by atoms with Gasteiger partial charge in [0.1, 0.15) is 0 Å². The number of carbonyl (C=O) groups is 2. The van der Waals surface area contributed by atoms with Crippen LogP contribution in [0.5, 0.6) is 0 Å². The molecule has 1 saturated heterocycles. The van der Waals surface area contributed by atoms with E-state index in [1.54, 1.807) is 34.9 Å². The van der Waals surface area contributed by atoms with E-state index in [1.807, 2.05) is 11.8 Å². The average Bonchev–Trinajstić information content (AvgIpc) is 3.40. The summed E-state index contributed by atoms with van der Waals surface area (Å²) >= 11 is 13.7. The summed E-state index contributed by atoms with van der Waals surface area (Å²) in [6.45, 7) is 7.58. The number of rotatable bonds is 8. The van der Waals surface area contributed by atoms with Gasteiger partial charge in [-0.2, -0.15) is 0 Å². The van der Waals surface area contributed by atoms with Gasteiger partial charge in [0.25, 0.3) is 5.91 Å². The number of piperazine rings is 1. The number of nitrogens with zero attached hydrogens (tertiary/aromatic N) is 5. The van der Waals surface area contributed by atoms with Crippen molar-refractivity contribution in [2.24, 2.45) is 0 Å². The van der Waals surface area contributed by atoms with E-state index >= 15 is 0 Å². The molecule has 10 heteroatoms. The molecule has 0 radical (unpaired) electrons. The zero-order chi connectivity index (χ0) is 29.8. The highest BCUT2D eigenvalue weighted by Crippen LogP contribution is 2.29. The first-order valence-electron chi connectivity index (χ1n) is 14.0. The van der Waals surface area contributed by atoms with Crippen molar-refractivity contribution in [3.63, 3.8) is 0 Å². The Kier molecular flexibility index (Phi) is 9.56. The molecule has 0 aliphatic carbocycles. The lowest BCUT2D eigenvalue weighted by atomic mass is 10.1. The van der Waals surface area contributed by atoms with Crippen molar-refractivity contribution in [1.29, 1.82) is 0 Å². The molecule has 2 heterocycles. The molecule has 4 aromatic rings. The summed E-state index contributed by atoms with van der Waals surface area (Å²) in [4.78, 5) is 29.8. The number of halogens is 2. The van der Waals surface area contributed by atoms with Crippen molar-refractivity contribution in [3.05, 3.63) is 93.5 Å². The van der Waals surface area contributed by atoms with Crippen molar-refractivity contribution in [2.75, 3.05) is 25.4 Å². The third kappa shape index (κ3) is 6.83. The van der Waals surface area contributed by atoms with Crippen LogP contribution in [-0.2, 0) is 4.79 Å². The Bertz CT molecular complexity index is 1570. The van der Waals surface area contributed by atoms with Gasteiger partial charge in [-0.1, -0.05) is 82.5 Å². The van der Waals surface area contributed by atoms with Gasteiger partial charge in [-0.3, -0.25) is 14.2 Å². The van der Waals surface area contributed by atoms with Crippen LogP contribution in [0.2, 0.25) is 10.0 Å². The van der Waals surface area contributed by atoms with Gasteiger partial charge < -0.3 is 9.80 Å². The van der Waals surface area contributed by atoms with E-state index in [2.05, 4.69) is 77.1 Å². The number of hydrogen-bond acceptors (Lipinski definition) is 5. The Hall–Kier alpha value is -3.33. The minimum Gasteiger partial charge on any atom is -0.339 e. The lowest BCUT2D eigenvalue weighted by molar-refractivity contribution is -0.133. The lowest BCUT2D eigenvalue weighted by Crippen LogP contribution is -2.55. The lowest BCUT2D eigenvalue weighted by Gasteiger charge is -2.40. The van der Waals surface area contributed by atoms with Gasteiger partial charge in [-0.05, 0) is 57.5 Å². The Labute approximate surface area is 260 Å². The molecule has 0 saturated carbocycles. The van der Waals surface area contributed by atoms with Gasteiger partial charge in [0.15, 0.2) is 11.0 Å². The second-order valence-corrected chi connectivity index (χ2v) is 12.5. The van der Waals surface area contributed by atoms with E-state index in [-0.39, 0.29) is 17.9 Å². The second kappa shape index (κ2) is 13.3. The largest absolute Gasteiger partial charge is 0.339 e. The molecule has 7 nitrogen and oxygen atoms in total. The van der Waals surface area contributed by atoms with Gasteiger partial charge in [0.05, 0.1) is 10.0 Å². The number of aromatic nitrogens is 3. The van der Waals surface area contributed by atoms with Crippen LogP contribution in [0.25, 0.3) is 17.1 Å². The van der Waals surface area contributed by atoms with Gasteiger partial charge in [0, 0.05) is 54.7 Å². The predicted molar refractivity (Wildman–Crippen MR) is 170 cm³/mol. The smallest absolute Gasteiger partial charge is 0.254 e. The summed E-state index contributed by atoms with van der Waals surface area (Å²) < 4.78 is 2.09. The fraction of sp³-hybridized carbons (Fsp3) is 0.312. The van der Waals surface area contributed by atoms with Crippen LogP contribution in [0, 0.1) is 13.8 Å². The quantitative estimate of drug-likeness (QED) is 0.155. The third-order valence-corrected chi connectivity index (χ3v) is 9.16. The first kappa shape index (κ1) is 30.1. The maximum Gasteiger partial charge on any atom is 0.254 e. The molecule has 1 aliphatic rings. The number of thioether (sulfide) groups is 1. The van der Waals surface area contributed by atoms with Gasteiger partial charge in [0.2, 0.25) is 5.91 Å². The zero-order valence-electron chi connectivity index (χ0n) is 23.9. The summed E-state index contributed by atoms with van der Waals surface area (Å²) in [5.74, 6) is 1.52. The summed E-state index contributed by atoms with van der Waals surface area (Å²) in [5, 5.41) is 10.6. The standard InChI is InChI=1S/C32H33Cl2N5O2S/c1-21-6-10-24(11-7-21)30-35-36-32(39(30)26-13-8-22(2)9-14-26)42-18-4-5-29(40)37-16-17-38(23(3)20-37)31(41)25-12-15-27(33)28(34)19-25/h6-15,19,23H,4-5,16-18,20H2,1-3H3. The van der Waals surface area contributed by atoms with Crippen molar-refractivity contribution in [3.8, 4) is 17.1 Å². The second-order valence-electron chi connectivity index (χ2n) is 10.6. The molecule has 2 amide bonds. The van der Waals surface area contributed by atoms with E-state index in [9.17, 15) is 9.59 Å². The van der Waals surface area contributed by atoms with Crippen molar-refractivity contribution < 1.29 is 9.59 Å². The zero-order valence-corrected chi connectivity index (χ0v) is 26.2. The van der Waals surface area contributed by atoms with Crippen LogP contribution in [0.3, 0.4) is 0 Å². The molecule has 1 atom stereocenters. The maximum atomic E-state index is 13.1. The maximum absolute atomic E-state index is 13.1. The minimum atomic E-state index is -0.104. The van der Waals surface area contributed by atoms with Crippen LogP contribution >= 0.6 is 35.0 Å². The number of hydrogen-bond donors (Lipinski definition) is 0. The molecule has 1 fully saturated rings.